The lowest BCUT2D eigenvalue weighted by Crippen LogP contribution is -2.61. The monoisotopic (exact) mass is 1790 g/mol. The molecule has 0 spiro atoms. The van der Waals surface area contributed by atoms with Gasteiger partial charge in [-0.15, -0.1) is 11.8 Å². The molecule has 690 valence electrons. The van der Waals surface area contributed by atoms with Crippen molar-refractivity contribution in [3.05, 3.63) is 174 Å². The molecule has 1 aromatic heterocycles. The minimum Gasteiger partial charge on any atom is -0.508 e. The SMILES string of the molecule is CCCC[C@H]1C(=O)N(C)CC(=O)N[C@@H](CC(=O)O)C(=O)N[C@@H](C(C)C)C(=O)N(C)[C@@H](Cc2ccccc2)C(=O)N[C@@H](CCCNC(=N)N)C(=O)N(C)CC(=O)N[C@@H](Cc2c[nH]c3ccccc23)C(=O)N[C@@H](Cc2ccc(O)cc2)C(=O)N[C@@H](CC(C)C)C(=O)N[C@H](C(=O)NCC(N)=O)CSCC(=O)N[C@@H](Cc2ccccc2)C(=O)N(C)[C@@H](Cc2ccccc2)C(=O)N1C. The van der Waals surface area contributed by atoms with Crippen LogP contribution in [0.25, 0.3) is 10.9 Å². The highest BCUT2D eigenvalue weighted by Crippen LogP contribution is 2.24. The molecule has 1 aliphatic heterocycles. The number of likely N-dealkylation sites (N-methyl/N-ethyl adjacent to an activating group) is 5. The number of nitrogens with zero attached hydrogens (tertiary/aromatic N) is 5. The van der Waals surface area contributed by atoms with Crippen LogP contribution < -0.4 is 64.6 Å². The van der Waals surface area contributed by atoms with E-state index in [4.69, 9.17) is 16.9 Å². The van der Waals surface area contributed by atoms with Gasteiger partial charge in [0, 0.05) is 96.7 Å². The molecule has 7 rings (SSSR count). The average molecular weight is 1790 g/mol. The Morgan fingerprint density at radius 1 is 0.492 bits per heavy atom. The van der Waals surface area contributed by atoms with Crippen LogP contribution in [0.1, 0.15) is 107 Å². The number of carboxylic acid groups (broad SMARTS) is 1. The minimum absolute atomic E-state index is 0.0108. The van der Waals surface area contributed by atoms with Crippen molar-refractivity contribution in [3.63, 3.8) is 0 Å². The summed E-state index contributed by atoms with van der Waals surface area (Å²) in [4.78, 5) is 243. The fourth-order valence-corrected chi connectivity index (χ4v) is 15.5. The second-order valence-electron chi connectivity index (χ2n) is 32.7. The standard InChI is InChI=1S/C90H121N19O18S/c1-11-12-34-70-87(125)106(7)50-75(113)98-67(46-77(115)116)83(121)104-78(54(4)5)89(127)108(9)71(43-56-27-18-14-19-28-56)84(122)100-63(33-24-39-94-90(92)93)85(123)105(6)49-74(112)97-66(45-59-47-95-62-32-23-22-31-61(59)62)82(120)102-65(41-58-35-37-60(110)38-36-58)81(119)101-64(40-53(2)3)80(118)103-69(79(117)96-48-73(91)111)51-128-52-76(114)99-68(42-55-25-16-13-17-26-55)86(124)109(10)72(88(126)107(70)8)44-57-29-20-15-21-30-57/h13-23,25-32,35-38,47,53-54,63-72,78,95,110H,11-12,24,33-34,39-46,48-52H2,1-10H3,(H2,91,111)(H,96,117)(H,97,112)(H,98,113)(H,99,114)(H,100,122)(H,101,119)(H,102,120)(H,103,118)(H,104,121)(H,115,116)(H4,92,93,94)/t63-,64-,65-,66-,67-,68-,69-,70-,71-,72-,78-/m0/s1. The van der Waals surface area contributed by atoms with Gasteiger partial charge in [0.05, 0.1) is 31.8 Å². The maximum absolute atomic E-state index is 15.5. The number of aromatic amines is 1. The van der Waals surface area contributed by atoms with Crippen LogP contribution in [0.2, 0.25) is 0 Å². The second kappa shape index (κ2) is 50.1. The number of phenolic OH excluding ortho intramolecular Hbond substituents is 1. The number of carbonyl (C=O) groups is 16. The van der Waals surface area contributed by atoms with Crippen molar-refractivity contribution in [2.45, 2.75) is 178 Å². The summed E-state index contributed by atoms with van der Waals surface area (Å²) in [6, 6.07) is 21.6. The summed E-state index contributed by atoms with van der Waals surface area (Å²) in [6.07, 6.45) is 0.276. The summed E-state index contributed by atoms with van der Waals surface area (Å²) >= 11 is 0.828. The highest BCUT2D eigenvalue weighted by Gasteiger charge is 2.42. The Labute approximate surface area is 748 Å². The van der Waals surface area contributed by atoms with Crippen LogP contribution >= 0.6 is 11.8 Å². The second-order valence-corrected chi connectivity index (χ2v) is 33.7. The molecule has 1 saturated heterocycles. The first-order valence-corrected chi connectivity index (χ1v) is 43.6. The highest BCUT2D eigenvalue weighted by atomic mass is 32.2. The van der Waals surface area contributed by atoms with Gasteiger partial charge < -0.3 is 104 Å². The summed E-state index contributed by atoms with van der Waals surface area (Å²) in [6.45, 7) is 6.19. The molecule has 6 aromatic rings. The number of primary amides is 1. The third-order valence-electron chi connectivity index (χ3n) is 21.7. The van der Waals surface area contributed by atoms with Crippen molar-refractivity contribution >= 4 is 123 Å². The first-order chi connectivity index (χ1) is 60.8. The number of hydrogen-bond donors (Lipinski definition) is 16. The van der Waals surface area contributed by atoms with E-state index in [-0.39, 0.29) is 81.8 Å². The topological polar surface area (TPSA) is 542 Å². The van der Waals surface area contributed by atoms with E-state index in [1.807, 2.05) is 6.92 Å². The molecule has 38 heteroatoms. The molecular formula is C90H121N19O18S. The van der Waals surface area contributed by atoms with E-state index < -0.39 is 205 Å². The molecule has 18 N–H and O–H groups in total. The van der Waals surface area contributed by atoms with Crippen molar-refractivity contribution < 1.29 is 86.9 Å². The summed E-state index contributed by atoms with van der Waals surface area (Å²) < 4.78 is 0. The number of thioether (sulfide) groups is 1. The molecule has 15 amide bonds. The molecule has 1 fully saturated rings. The molecule has 0 saturated carbocycles. The number of nitrogens with two attached hydrogens (primary N) is 2. The van der Waals surface area contributed by atoms with Crippen LogP contribution in [0.5, 0.6) is 5.75 Å². The fraction of sp³-hybridized carbons (Fsp3) is 0.456. The van der Waals surface area contributed by atoms with E-state index >= 15 is 33.6 Å². The molecule has 0 bridgehead atoms. The number of unbranched alkanes of at least 4 members (excludes halogenated alkanes) is 1. The zero-order chi connectivity index (χ0) is 94.0. The number of nitrogens with one attached hydrogen (secondary N) is 12. The lowest BCUT2D eigenvalue weighted by atomic mass is 9.98. The van der Waals surface area contributed by atoms with Gasteiger partial charge >= 0.3 is 5.97 Å². The van der Waals surface area contributed by atoms with Crippen LogP contribution in [0.4, 0.5) is 0 Å². The Morgan fingerprint density at radius 2 is 0.984 bits per heavy atom. The number of para-hydroxylation sites is 1. The number of phenols is 1. The number of guanidine groups is 1. The Bertz CT molecular complexity index is 4850. The van der Waals surface area contributed by atoms with Crippen LogP contribution in [-0.4, -0.2) is 280 Å². The Kier molecular flexibility index (Phi) is 39.8. The zero-order valence-corrected chi connectivity index (χ0v) is 74.6. The van der Waals surface area contributed by atoms with E-state index in [9.17, 15) is 53.4 Å². The lowest BCUT2D eigenvalue weighted by Gasteiger charge is -2.37. The summed E-state index contributed by atoms with van der Waals surface area (Å²) in [5.41, 5.74) is 14.3. The highest BCUT2D eigenvalue weighted by molar-refractivity contribution is 8.00. The molecule has 0 aliphatic carbocycles. The van der Waals surface area contributed by atoms with Gasteiger partial charge in [0.25, 0.3) is 0 Å². The Hall–Kier alpha value is -13.4. The Balaban J connectivity index is 1.33. The first-order valence-electron chi connectivity index (χ1n) is 42.4. The number of rotatable bonds is 25. The van der Waals surface area contributed by atoms with Gasteiger partial charge in [0.15, 0.2) is 5.96 Å². The van der Waals surface area contributed by atoms with Gasteiger partial charge in [0.1, 0.15) is 72.2 Å². The molecule has 5 aromatic carbocycles. The predicted octanol–water partition coefficient (Wildman–Crippen LogP) is 0.642. The fourth-order valence-electron chi connectivity index (χ4n) is 14.7. The van der Waals surface area contributed by atoms with Gasteiger partial charge in [-0.05, 0) is 83.5 Å². The molecule has 11 atom stereocenters. The summed E-state index contributed by atoms with van der Waals surface area (Å²) in [5.74, 6) is -17.7. The zero-order valence-electron chi connectivity index (χ0n) is 73.8. The number of carboxylic acids is 1. The number of aromatic nitrogens is 1. The molecular weight excluding hydrogens is 1670 g/mol. The number of benzene rings is 5. The predicted molar refractivity (Wildman–Crippen MR) is 479 cm³/mol. The lowest BCUT2D eigenvalue weighted by molar-refractivity contribution is -0.151. The summed E-state index contributed by atoms with van der Waals surface area (Å²) in [7, 11) is 6.53. The van der Waals surface area contributed by atoms with E-state index in [1.165, 1.54) is 69.3 Å². The quantitative estimate of drug-likeness (QED) is 0.0212. The van der Waals surface area contributed by atoms with Crippen molar-refractivity contribution in [2.24, 2.45) is 23.3 Å². The van der Waals surface area contributed by atoms with Crippen molar-refractivity contribution in [2.75, 3.05) is 72.9 Å². The normalized spacial score (nSPS) is 22.0. The van der Waals surface area contributed by atoms with Crippen LogP contribution in [0.3, 0.4) is 0 Å². The van der Waals surface area contributed by atoms with Crippen LogP contribution in [-0.2, 0) is 109 Å². The number of aromatic hydroxyl groups is 1. The molecule has 37 nitrogen and oxygen atoms in total. The first kappa shape index (κ1) is 102. The van der Waals surface area contributed by atoms with E-state index in [2.05, 4.69) is 58.2 Å². The van der Waals surface area contributed by atoms with Crippen molar-refractivity contribution in [3.8, 4) is 5.75 Å². The number of H-pyrrole nitrogens is 1. The van der Waals surface area contributed by atoms with Gasteiger partial charge in [-0.1, -0.05) is 169 Å². The van der Waals surface area contributed by atoms with Gasteiger partial charge in [-0.3, -0.25) is 82.1 Å². The van der Waals surface area contributed by atoms with Crippen molar-refractivity contribution in [1.29, 1.82) is 5.41 Å². The molecule has 128 heavy (non-hydrogen) atoms. The Morgan fingerprint density at radius 3 is 1.55 bits per heavy atom. The molecule has 0 radical (unpaired) electrons. The smallest absolute Gasteiger partial charge is 0.305 e. The van der Waals surface area contributed by atoms with E-state index in [0.717, 1.165) is 26.5 Å². The largest absolute Gasteiger partial charge is 0.508 e. The number of amides is 15. The third-order valence-corrected chi connectivity index (χ3v) is 22.7. The number of aliphatic carboxylic acids is 1. The van der Waals surface area contributed by atoms with Gasteiger partial charge in [0.2, 0.25) is 88.6 Å². The maximum atomic E-state index is 15.5. The molecule has 0 unspecified atom stereocenters. The molecule has 1 aliphatic rings. The number of carbonyl (C=O) groups excluding carboxylic acids is 15. The minimum atomic E-state index is -1.90. The third kappa shape index (κ3) is 31.6. The number of hydrogen-bond acceptors (Lipinski definition) is 19. The van der Waals surface area contributed by atoms with E-state index in [1.54, 1.807) is 149 Å². The summed E-state index contributed by atoms with van der Waals surface area (Å²) in [5, 5.41) is 55.6. The van der Waals surface area contributed by atoms with Gasteiger partial charge in [-0.2, -0.15) is 0 Å². The van der Waals surface area contributed by atoms with E-state index in [0.29, 0.717) is 51.6 Å². The van der Waals surface area contributed by atoms with Crippen LogP contribution in [0.15, 0.2) is 146 Å². The maximum Gasteiger partial charge on any atom is 0.305 e. The molecule has 2 heterocycles. The average Bonchev–Trinajstić information content (AvgIpc) is 1.80. The van der Waals surface area contributed by atoms with Gasteiger partial charge in [-0.25, -0.2) is 0 Å². The van der Waals surface area contributed by atoms with Crippen molar-refractivity contribution in [1.82, 2.24) is 82.7 Å². The van der Waals surface area contributed by atoms with Crippen LogP contribution in [0, 0.1) is 17.2 Å². The number of fused-ring (bicyclic) bond motifs is 1.